The number of morpholine rings is 1. The van der Waals surface area contributed by atoms with Crippen molar-refractivity contribution in [3.63, 3.8) is 0 Å². The largest absolute Gasteiger partial charge is 0.507 e. The van der Waals surface area contributed by atoms with Gasteiger partial charge in [-0.15, -0.1) is 0 Å². The number of carbonyl (C=O) groups excluding carboxylic acids is 2. The fraction of sp³-hybridized carbons (Fsp3) is 0.333. The first-order chi connectivity index (χ1) is 18.3. The summed E-state index contributed by atoms with van der Waals surface area (Å²) in [6.45, 7) is 5.42. The highest BCUT2D eigenvalue weighted by atomic mass is 32.2. The summed E-state index contributed by atoms with van der Waals surface area (Å²) in [7, 11) is -2.24. The van der Waals surface area contributed by atoms with E-state index in [2.05, 4.69) is 6.58 Å². The van der Waals surface area contributed by atoms with Gasteiger partial charge in [-0.05, 0) is 42.0 Å². The molecule has 2 aromatic rings. The van der Waals surface area contributed by atoms with E-state index in [1.54, 1.807) is 30.3 Å². The molecule has 2 aliphatic rings. The quantitative estimate of drug-likeness (QED) is 0.210. The van der Waals surface area contributed by atoms with Gasteiger partial charge >= 0.3 is 0 Å². The molecule has 0 aromatic heterocycles. The highest BCUT2D eigenvalue weighted by Crippen LogP contribution is 2.39. The van der Waals surface area contributed by atoms with Gasteiger partial charge in [0.05, 0.1) is 36.3 Å². The van der Waals surface area contributed by atoms with E-state index in [9.17, 15) is 23.1 Å². The smallest absolute Gasteiger partial charge is 0.295 e. The van der Waals surface area contributed by atoms with E-state index < -0.39 is 33.5 Å². The Balaban J connectivity index is 1.71. The Hall–Kier alpha value is -3.51. The number of ether oxygens (including phenoxy) is 3. The van der Waals surface area contributed by atoms with E-state index in [1.807, 2.05) is 0 Å². The molecule has 1 atom stereocenters. The van der Waals surface area contributed by atoms with E-state index in [-0.39, 0.29) is 42.3 Å². The van der Waals surface area contributed by atoms with E-state index in [4.69, 9.17) is 14.2 Å². The van der Waals surface area contributed by atoms with Crippen LogP contribution in [0.5, 0.6) is 5.75 Å². The summed E-state index contributed by atoms with van der Waals surface area (Å²) in [6, 6.07) is 11.6. The van der Waals surface area contributed by atoms with Gasteiger partial charge in [-0.25, -0.2) is 8.42 Å². The maximum atomic E-state index is 13.1. The minimum absolute atomic E-state index is 0.0585. The predicted octanol–water partition coefficient (Wildman–Crippen LogP) is 2.34. The number of rotatable bonds is 10. The SMILES string of the molecule is C=CCOc1ccc([C@@H]2/C(=C(\O)c3ccc(S(=O)(=O)N4CCOCC4)cc3)C(=O)C(=O)N2CCOC)cc1. The Morgan fingerprint density at radius 3 is 2.37 bits per heavy atom. The number of amides is 1. The van der Waals surface area contributed by atoms with Crippen LogP contribution in [0, 0.1) is 0 Å². The first-order valence-electron chi connectivity index (χ1n) is 12.1. The molecule has 0 spiro atoms. The van der Waals surface area contributed by atoms with Gasteiger partial charge in [0.2, 0.25) is 10.0 Å². The van der Waals surface area contributed by atoms with Crippen molar-refractivity contribution in [3.8, 4) is 5.75 Å². The van der Waals surface area contributed by atoms with Crippen LogP contribution in [0.1, 0.15) is 17.2 Å². The van der Waals surface area contributed by atoms with Gasteiger partial charge in [-0.2, -0.15) is 4.31 Å². The lowest BCUT2D eigenvalue weighted by atomic mass is 9.95. The molecular weight excluding hydrogens is 512 g/mol. The summed E-state index contributed by atoms with van der Waals surface area (Å²) in [6.07, 6.45) is 1.62. The second-order valence-electron chi connectivity index (χ2n) is 8.69. The maximum absolute atomic E-state index is 13.1. The fourth-order valence-electron chi connectivity index (χ4n) is 4.42. The van der Waals surface area contributed by atoms with E-state index in [1.165, 1.54) is 40.6 Å². The number of aliphatic hydroxyl groups excluding tert-OH is 1. The lowest BCUT2D eigenvalue weighted by molar-refractivity contribution is -0.140. The first kappa shape index (κ1) is 27.5. The molecule has 2 heterocycles. The van der Waals surface area contributed by atoms with Crippen LogP contribution in [0.15, 0.2) is 71.7 Å². The van der Waals surface area contributed by atoms with E-state index in [0.717, 1.165) is 0 Å². The number of aliphatic hydroxyl groups is 1. The van der Waals surface area contributed by atoms with Crippen LogP contribution >= 0.6 is 0 Å². The summed E-state index contributed by atoms with van der Waals surface area (Å²) in [4.78, 5) is 27.5. The summed E-state index contributed by atoms with van der Waals surface area (Å²) in [5.74, 6) is -1.40. The average molecular weight is 543 g/mol. The van der Waals surface area contributed by atoms with E-state index in [0.29, 0.717) is 31.1 Å². The van der Waals surface area contributed by atoms with Gasteiger partial charge in [0.15, 0.2) is 0 Å². The maximum Gasteiger partial charge on any atom is 0.295 e. The Bertz CT molecular complexity index is 1310. The number of nitrogens with zero attached hydrogens (tertiary/aromatic N) is 2. The molecule has 1 N–H and O–H groups in total. The van der Waals surface area contributed by atoms with Gasteiger partial charge in [-0.3, -0.25) is 9.59 Å². The molecule has 0 bridgehead atoms. The van der Waals surface area contributed by atoms with Gasteiger partial charge < -0.3 is 24.2 Å². The summed E-state index contributed by atoms with van der Waals surface area (Å²) < 4.78 is 43.1. The molecule has 10 nitrogen and oxygen atoms in total. The van der Waals surface area contributed by atoms with Gasteiger partial charge in [0.1, 0.15) is 18.1 Å². The van der Waals surface area contributed by atoms with Crippen molar-refractivity contribution in [3.05, 3.63) is 77.9 Å². The number of hydrogen-bond donors (Lipinski definition) is 1. The molecule has 38 heavy (non-hydrogen) atoms. The number of carbonyl (C=O) groups is 2. The predicted molar refractivity (Wildman–Crippen MR) is 139 cm³/mol. The Morgan fingerprint density at radius 1 is 1.11 bits per heavy atom. The zero-order chi connectivity index (χ0) is 27.3. The van der Waals surface area contributed by atoms with Crippen LogP contribution in [-0.2, 0) is 29.1 Å². The van der Waals surface area contributed by atoms with Gasteiger partial charge in [0.25, 0.3) is 11.7 Å². The first-order valence-corrected chi connectivity index (χ1v) is 13.5. The van der Waals surface area contributed by atoms with Crippen LogP contribution in [0.3, 0.4) is 0 Å². The van der Waals surface area contributed by atoms with Gasteiger partial charge in [-0.1, -0.05) is 24.8 Å². The lowest BCUT2D eigenvalue weighted by Gasteiger charge is -2.26. The molecule has 0 radical (unpaired) electrons. The van der Waals surface area contributed by atoms with Crippen molar-refractivity contribution in [1.29, 1.82) is 0 Å². The van der Waals surface area contributed by atoms with Crippen LogP contribution in [0.2, 0.25) is 0 Å². The number of benzene rings is 2. The number of hydrogen-bond acceptors (Lipinski definition) is 8. The second-order valence-corrected chi connectivity index (χ2v) is 10.6. The molecule has 11 heteroatoms. The Kier molecular flexibility index (Phi) is 8.62. The van der Waals surface area contributed by atoms with Crippen LogP contribution in [-0.4, -0.2) is 87.6 Å². The third-order valence-corrected chi connectivity index (χ3v) is 8.29. The third kappa shape index (κ3) is 5.51. The number of Topliss-reactive ketones (excluding diaryl/α,β-unsaturated/α-hetero) is 1. The van der Waals surface area contributed by atoms with Crippen molar-refractivity contribution in [2.24, 2.45) is 0 Å². The summed E-state index contributed by atoms with van der Waals surface area (Å²) in [5.41, 5.74) is 0.723. The molecule has 2 aromatic carbocycles. The molecular formula is C27H30N2O8S. The standard InChI is InChI=1S/C27H30N2O8S/c1-3-15-37-21-8-4-19(5-9-21)24-23(26(31)27(32)29(24)14-16-35-2)25(30)20-6-10-22(11-7-20)38(33,34)28-12-17-36-18-13-28/h3-11,24,30H,1,12-18H2,2H3/b25-23+/t24-/m1/s1. The molecule has 2 saturated heterocycles. The Morgan fingerprint density at radius 2 is 1.76 bits per heavy atom. The molecule has 0 unspecified atom stereocenters. The van der Waals surface area contributed by atoms with Crippen LogP contribution in [0.25, 0.3) is 5.76 Å². The fourth-order valence-corrected chi connectivity index (χ4v) is 5.83. The number of likely N-dealkylation sites (tertiary alicyclic amines) is 1. The molecule has 4 rings (SSSR count). The van der Waals surface area contributed by atoms with Crippen LogP contribution in [0.4, 0.5) is 0 Å². The molecule has 2 fully saturated rings. The summed E-state index contributed by atoms with van der Waals surface area (Å²) in [5, 5.41) is 11.2. The second kappa shape index (κ2) is 11.9. The molecule has 1 amide bonds. The molecule has 0 aliphatic carbocycles. The Labute approximate surface area is 221 Å². The van der Waals surface area contributed by atoms with Crippen molar-refractivity contribution >= 4 is 27.5 Å². The average Bonchev–Trinajstić information content (AvgIpc) is 3.20. The molecule has 0 saturated carbocycles. The van der Waals surface area contributed by atoms with Crippen molar-refractivity contribution in [2.45, 2.75) is 10.9 Å². The number of methoxy groups -OCH3 is 1. The minimum atomic E-state index is -3.73. The number of sulfonamides is 1. The van der Waals surface area contributed by atoms with Crippen LogP contribution < -0.4 is 4.74 Å². The minimum Gasteiger partial charge on any atom is -0.507 e. The number of ketones is 1. The highest BCUT2D eigenvalue weighted by molar-refractivity contribution is 7.89. The van der Waals surface area contributed by atoms with Crippen molar-refractivity contribution < 1.29 is 37.3 Å². The third-order valence-electron chi connectivity index (χ3n) is 6.38. The topological polar surface area (TPSA) is 123 Å². The van der Waals surface area contributed by atoms with E-state index >= 15 is 0 Å². The highest BCUT2D eigenvalue weighted by Gasteiger charge is 2.46. The zero-order valence-electron chi connectivity index (χ0n) is 21.0. The monoisotopic (exact) mass is 542 g/mol. The molecule has 2 aliphatic heterocycles. The zero-order valence-corrected chi connectivity index (χ0v) is 21.9. The van der Waals surface area contributed by atoms with Crippen molar-refractivity contribution in [2.75, 3.05) is 53.2 Å². The molecule has 202 valence electrons. The van der Waals surface area contributed by atoms with Gasteiger partial charge in [0, 0.05) is 32.3 Å². The summed E-state index contributed by atoms with van der Waals surface area (Å²) >= 11 is 0. The van der Waals surface area contributed by atoms with Crippen molar-refractivity contribution in [1.82, 2.24) is 9.21 Å². The lowest BCUT2D eigenvalue weighted by Crippen LogP contribution is -2.40. The normalized spacial score (nSPS) is 20.0.